The van der Waals surface area contributed by atoms with E-state index in [0.717, 1.165) is 32.4 Å². The van der Waals surface area contributed by atoms with Gasteiger partial charge in [0.1, 0.15) is 6.04 Å². The molecule has 2 N–H and O–H groups in total. The van der Waals surface area contributed by atoms with Gasteiger partial charge in [-0.05, 0) is 38.4 Å². The Morgan fingerprint density at radius 2 is 2.29 bits per heavy atom. The van der Waals surface area contributed by atoms with Gasteiger partial charge in [-0.25, -0.2) is 0 Å². The van der Waals surface area contributed by atoms with E-state index in [1.165, 1.54) is 11.1 Å². The normalized spacial score (nSPS) is 21.1. The van der Waals surface area contributed by atoms with E-state index in [0.29, 0.717) is 6.54 Å². The molecule has 1 aromatic carbocycles. The summed E-state index contributed by atoms with van der Waals surface area (Å²) in [6.45, 7) is 6.56. The number of nitrogens with zero attached hydrogens (tertiary/aromatic N) is 1. The lowest BCUT2D eigenvalue weighted by Gasteiger charge is -2.39. The number of aliphatic carboxylic acids is 1. The summed E-state index contributed by atoms with van der Waals surface area (Å²) in [6.07, 6.45) is 3.22. The van der Waals surface area contributed by atoms with Gasteiger partial charge in [0.05, 0.1) is 0 Å². The van der Waals surface area contributed by atoms with Crippen molar-refractivity contribution in [2.75, 3.05) is 13.1 Å². The molecule has 1 saturated heterocycles. The van der Waals surface area contributed by atoms with Crippen LogP contribution in [-0.4, -0.2) is 41.1 Å². The molecule has 0 radical (unpaired) electrons. The van der Waals surface area contributed by atoms with Crippen LogP contribution in [0.15, 0.2) is 24.3 Å². The number of likely N-dealkylation sites (tertiary alicyclic amines) is 1. The highest BCUT2D eigenvalue weighted by molar-refractivity contribution is 5.74. The summed E-state index contributed by atoms with van der Waals surface area (Å²) >= 11 is 0. The number of carboxylic acid groups (broad SMARTS) is 1. The van der Waals surface area contributed by atoms with Crippen molar-refractivity contribution in [3.8, 4) is 0 Å². The predicted molar refractivity (Wildman–Crippen MR) is 84.3 cm³/mol. The zero-order chi connectivity index (χ0) is 15.2. The van der Waals surface area contributed by atoms with E-state index >= 15 is 0 Å². The average Bonchev–Trinajstić information content (AvgIpc) is 2.45. The maximum atomic E-state index is 11.6. The lowest BCUT2D eigenvalue weighted by Crippen LogP contribution is -2.55. The molecule has 2 unspecified atom stereocenters. The number of rotatable bonds is 6. The zero-order valence-electron chi connectivity index (χ0n) is 13.0. The van der Waals surface area contributed by atoms with Gasteiger partial charge in [0.15, 0.2) is 0 Å². The van der Waals surface area contributed by atoms with Crippen molar-refractivity contribution in [2.45, 2.75) is 51.7 Å². The minimum absolute atomic E-state index is 0.0803. The monoisotopic (exact) mass is 290 g/mol. The van der Waals surface area contributed by atoms with Gasteiger partial charge in [-0.3, -0.25) is 9.69 Å². The summed E-state index contributed by atoms with van der Waals surface area (Å²) in [5, 5.41) is 12.6. The number of benzene rings is 1. The average molecular weight is 290 g/mol. The van der Waals surface area contributed by atoms with Crippen molar-refractivity contribution in [1.29, 1.82) is 0 Å². The van der Waals surface area contributed by atoms with E-state index in [-0.39, 0.29) is 6.04 Å². The number of carboxylic acids is 1. The molecular formula is C17H26N2O2. The van der Waals surface area contributed by atoms with Gasteiger partial charge in [0.25, 0.3) is 0 Å². The maximum Gasteiger partial charge on any atom is 0.322 e. The SMILES string of the molecule is CCNC(C(=O)O)C1CCCCN1Cc1cccc(C)c1. The summed E-state index contributed by atoms with van der Waals surface area (Å²) in [6, 6.07) is 8.09. The van der Waals surface area contributed by atoms with Gasteiger partial charge in [0.2, 0.25) is 0 Å². The minimum atomic E-state index is -0.738. The standard InChI is InChI=1S/C17H26N2O2/c1-3-18-16(17(20)21)15-9-4-5-10-19(15)12-14-8-6-7-13(2)11-14/h6-8,11,15-16,18H,3-5,9-10,12H2,1-2H3,(H,20,21). The summed E-state index contributed by atoms with van der Waals surface area (Å²) < 4.78 is 0. The third kappa shape index (κ3) is 4.29. The highest BCUT2D eigenvalue weighted by Gasteiger charge is 2.33. The first kappa shape index (κ1) is 16.0. The summed E-state index contributed by atoms with van der Waals surface area (Å²) in [5.74, 6) is -0.738. The van der Waals surface area contributed by atoms with Crippen LogP contribution in [0.2, 0.25) is 0 Å². The van der Waals surface area contributed by atoms with Gasteiger partial charge >= 0.3 is 5.97 Å². The number of piperidine rings is 1. The Balaban J connectivity index is 2.12. The number of nitrogens with one attached hydrogen (secondary N) is 1. The Labute approximate surface area is 127 Å². The maximum absolute atomic E-state index is 11.6. The van der Waals surface area contributed by atoms with Crippen molar-refractivity contribution in [2.24, 2.45) is 0 Å². The molecule has 1 heterocycles. The van der Waals surface area contributed by atoms with Crippen LogP contribution in [0.4, 0.5) is 0 Å². The van der Waals surface area contributed by atoms with Crippen molar-refractivity contribution >= 4 is 5.97 Å². The summed E-state index contributed by atoms with van der Waals surface area (Å²) in [7, 11) is 0. The van der Waals surface area contributed by atoms with Crippen LogP contribution in [0.1, 0.15) is 37.3 Å². The molecular weight excluding hydrogens is 264 g/mol. The lowest BCUT2D eigenvalue weighted by molar-refractivity contribution is -0.142. The van der Waals surface area contributed by atoms with E-state index in [4.69, 9.17) is 0 Å². The quantitative estimate of drug-likeness (QED) is 0.845. The topological polar surface area (TPSA) is 52.6 Å². The third-order valence-electron chi connectivity index (χ3n) is 4.21. The molecule has 0 aromatic heterocycles. The van der Waals surface area contributed by atoms with Crippen LogP contribution < -0.4 is 5.32 Å². The summed E-state index contributed by atoms with van der Waals surface area (Å²) in [4.78, 5) is 13.9. The van der Waals surface area contributed by atoms with E-state index < -0.39 is 12.0 Å². The van der Waals surface area contributed by atoms with Crippen LogP contribution in [0.5, 0.6) is 0 Å². The third-order valence-corrected chi connectivity index (χ3v) is 4.21. The van der Waals surface area contributed by atoms with E-state index in [1.54, 1.807) is 0 Å². The zero-order valence-corrected chi connectivity index (χ0v) is 13.0. The van der Waals surface area contributed by atoms with Crippen LogP contribution in [-0.2, 0) is 11.3 Å². The second-order valence-electron chi connectivity index (χ2n) is 5.90. The second kappa shape index (κ2) is 7.57. The van der Waals surface area contributed by atoms with Crippen LogP contribution in [0, 0.1) is 6.92 Å². The largest absolute Gasteiger partial charge is 0.480 e. The fourth-order valence-corrected chi connectivity index (χ4v) is 3.24. The smallest absolute Gasteiger partial charge is 0.322 e. The van der Waals surface area contributed by atoms with E-state index in [2.05, 4.69) is 41.4 Å². The van der Waals surface area contributed by atoms with Crippen molar-refractivity contribution < 1.29 is 9.90 Å². The van der Waals surface area contributed by atoms with E-state index in [9.17, 15) is 9.90 Å². The number of aryl methyl sites for hydroxylation is 1. The molecule has 0 spiro atoms. The molecule has 2 atom stereocenters. The first-order chi connectivity index (χ1) is 10.1. The Bertz CT molecular complexity index is 476. The molecule has 4 nitrogen and oxygen atoms in total. The Kier molecular flexibility index (Phi) is 5.76. The molecule has 1 fully saturated rings. The second-order valence-corrected chi connectivity index (χ2v) is 5.90. The summed E-state index contributed by atoms with van der Waals surface area (Å²) in [5.41, 5.74) is 2.52. The molecule has 0 saturated carbocycles. The molecule has 4 heteroatoms. The van der Waals surface area contributed by atoms with Gasteiger partial charge in [0, 0.05) is 12.6 Å². The van der Waals surface area contributed by atoms with Crippen molar-refractivity contribution in [1.82, 2.24) is 10.2 Å². The van der Waals surface area contributed by atoms with E-state index in [1.807, 2.05) is 6.92 Å². The fraction of sp³-hybridized carbons (Fsp3) is 0.588. The first-order valence-corrected chi connectivity index (χ1v) is 7.87. The Morgan fingerprint density at radius 1 is 1.48 bits per heavy atom. The molecule has 0 aliphatic carbocycles. The number of hydrogen-bond acceptors (Lipinski definition) is 3. The number of likely N-dealkylation sites (N-methyl/N-ethyl adjacent to an activating group) is 1. The lowest BCUT2D eigenvalue weighted by atomic mass is 9.94. The van der Waals surface area contributed by atoms with Gasteiger partial charge < -0.3 is 10.4 Å². The van der Waals surface area contributed by atoms with Crippen molar-refractivity contribution in [3.63, 3.8) is 0 Å². The fourth-order valence-electron chi connectivity index (χ4n) is 3.24. The molecule has 1 aliphatic rings. The highest BCUT2D eigenvalue weighted by Crippen LogP contribution is 2.22. The molecule has 2 rings (SSSR count). The van der Waals surface area contributed by atoms with Gasteiger partial charge in [-0.15, -0.1) is 0 Å². The number of hydrogen-bond donors (Lipinski definition) is 2. The molecule has 1 aromatic rings. The van der Waals surface area contributed by atoms with Crippen molar-refractivity contribution in [3.05, 3.63) is 35.4 Å². The molecule has 116 valence electrons. The van der Waals surface area contributed by atoms with Gasteiger partial charge in [-0.2, -0.15) is 0 Å². The first-order valence-electron chi connectivity index (χ1n) is 7.87. The highest BCUT2D eigenvalue weighted by atomic mass is 16.4. The molecule has 1 aliphatic heterocycles. The predicted octanol–water partition coefficient (Wildman–Crippen LogP) is 2.41. The van der Waals surface area contributed by atoms with Crippen LogP contribution >= 0.6 is 0 Å². The minimum Gasteiger partial charge on any atom is -0.480 e. The number of carbonyl (C=O) groups is 1. The van der Waals surface area contributed by atoms with Crippen LogP contribution in [0.25, 0.3) is 0 Å². The Morgan fingerprint density at radius 3 is 2.95 bits per heavy atom. The van der Waals surface area contributed by atoms with Gasteiger partial charge in [-0.1, -0.05) is 43.2 Å². The Hall–Kier alpha value is -1.39. The molecule has 21 heavy (non-hydrogen) atoms. The molecule has 0 amide bonds. The van der Waals surface area contributed by atoms with Crippen LogP contribution in [0.3, 0.4) is 0 Å². The molecule has 0 bridgehead atoms.